The van der Waals surface area contributed by atoms with E-state index in [9.17, 15) is 9.59 Å². The molecule has 0 saturated carbocycles. The Morgan fingerprint density at radius 3 is 2.61 bits per heavy atom. The van der Waals surface area contributed by atoms with Gasteiger partial charge in [-0.2, -0.15) is 0 Å². The van der Waals surface area contributed by atoms with Crippen LogP contribution in [0.25, 0.3) is 0 Å². The fourth-order valence-corrected chi connectivity index (χ4v) is 3.86. The number of piperidine rings is 2. The highest BCUT2D eigenvalue weighted by molar-refractivity contribution is 6.08. The quantitative estimate of drug-likeness (QED) is 0.845. The Balaban J connectivity index is 1.47. The van der Waals surface area contributed by atoms with Crippen molar-refractivity contribution >= 4 is 17.5 Å². The van der Waals surface area contributed by atoms with Gasteiger partial charge in [-0.25, -0.2) is 4.68 Å². The number of aromatic nitrogens is 3. The third kappa shape index (κ3) is 4.06. The van der Waals surface area contributed by atoms with Gasteiger partial charge in [-0.15, -0.1) is 5.10 Å². The minimum absolute atomic E-state index is 0.0334. The second kappa shape index (κ2) is 8.52. The maximum Gasteiger partial charge on any atom is 0.277 e. The molecule has 0 unspecified atom stereocenters. The first-order valence-electron chi connectivity index (χ1n) is 10.0. The summed E-state index contributed by atoms with van der Waals surface area (Å²) in [4.78, 5) is 27.4. The van der Waals surface area contributed by atoms with Crippen LogP contribution in [-0.4, -0.2) is 57.9 Å². The summed E-state index contributed by atoms with van der Waals surface area (Å²) in [6, 6.07) is 7.42. The highest BCUT2D eigenvalue weighted by atomic mass is 16.2. The van der Waals surface area contributed by atoms with Gasteiger partial charge in [-0.3, -0.25) is 9.59 Å². The van der Waals surface area contributed by atoms with E-state index in [1.54, 1.807) is 23.0 Å². The monoisotopic (exact) mass is 382 g/mol. The molecule has 2 amide bonds. The Labute approximate surface area is 164 Å². The van der Waals surface area contributed by atoms with E-state index in [-0.39, 0.29) is 23.6 Å². The third-order valence-electron chi connectivity index (χ3n) is 5.47. The summed E-state index contributed by atoms with van der Waals surface area (Å²) in [6.45, 7) is 3.42. The van der Waals surface area contributed by atoms with Gasteiger partial charge in [0.05, 0.1) is 23.5 Å². The van der Waals surface area contributed by atoms with E-state index in [2.05, 4.69) is 20.9 Å². The van der Waals surface area contributed by atoms with E-state index in [1.165, 1.54) is 0 Å². The summed E-state index contributed by atoms with van der Waals surface area (Å²) in [6.07, 6.45) is 6.85. The Hall–Kier alpha value is -2.74. The summed E-state index contributed by atoms with van der Waals surface area (Å²) < 4.78 is 1.78. The molecule has 4 rings (SSSR count). The number of nitrogens with zero attached hydrogens (tertiary/aromatic N) is 4. The number of hydrogen-bond acceptors (Lipinski definition) is 5. The van der Waals surface area contributed by atoms with Crippen LogP contribution in [0.5, 0.6) is 0 Å². The first kappa shape index (κ1) is 18.6. The van der Waals surface area contributed by atoms with Crippen molar-refractivity contribution < 1.29 is 9.59 Å². The van der Waals surface area contributed by atoms with Gasteiger partial charge >= 0.3 is 0 Å². The van der Waals surface area contributed by atoms with E-state index in [1.807, 2.05) is 17.0 Å². The molecule has 28 heavy (non-hydrogen) atoms. The molecule has 0 atom stereocenters. The lowest BCUT2D eigenvalue weighted by atomic mass is 10.1. The van der Waals surface area contributed by atoms with Crippen LogP contribution >= 0.6 is 0 Å². The molecule has 0 aliphatic carbocycles. The molecule has 0 radical (unpaired) electrons. The summed E-state index contributed by atoms with van der Waals surface area (Å²) in [5.74, 6) is -0.381. The molecule has 8 nitrogen and oxygen atoms in total. The van der Waals surface area contributed by atoms with E-state index in [0.29, 0.717) is 11.3 Å². The van der Waals surface area contributed by atoms with Crippen LogP contribution in [-0.2, 0) is 0 Å². The lowest BCUT2D eigenvalue weighted by molar-refractivity contribution is 0.0725. The highest BCUT2D eigenvalue weighted by Gasteiger charge is 2.23. The number of rotatable bonds is 4. The van der Waals surface area contributed by atoms with Gasteiger partial charge < -0.3 is 15.5 Å². The van der Waals surface area contributed by atoms with E-state index in [4.69, 9.17) is 0 Å². The zero-order chi connectivity index (χ0) is 19.3. The topological polar surface area (TPSA) is 92.2 Å². The largest absolute Gasteiger partial charge is 0.339 e. The first-order valence-corrected chi connectivity index (χ1v) is 10.0. The van der Waals surface area contributed by atoms with Crippen LogP contribution in [0.15, 0.2) is 30.5 Å². The Morgan fingerprint density at radius 1 is 1.07 bits per heavy atom. The van der Waals surface area contributed by atoms with Crippen LogP contribution in [0.4, 0.5) is 5.69 Å². The number of para-hydroxylation sites is 1. The lowest BCUT2D eigenvalue weighted by Gasteiger charge is -2.27. The van der Waals surface area contributed by atoms with Gasteiger partial charge in [-0.1, -0.05) is 17.3 Å². The van der Waals surface area contributed by atoms with Gasteiger partial charge in [0.25, 0.3) is 11.8 Å². The second-order valence-electron chi connectivity index (χ2n) is 7.42. The van der Waals surface area contributed by atoms with Crippen molar-refractivity contribution in [1.82, 2.24) is 25.2 Å². The number of benzene rings is 1. The Morgan fingerprint density at radius 2 is 1.82 bits per heavy atom. The molecule has 1 aromatic carbocycles. The zero-order valence-corrected chi connectivity index (χ0v) is 15.9. The fourth-order valence-electron chi connectivity index (χ4n) is 3.86. The van der Waals surface area contributed by atoms with Crippen LogP contribution in [0.1, 0.15) is 59.0 Å². The van der Waals surface area contributed by atoms with Gasteiger partial charge in [0.15, 0.2) is 5.69 Å². The normalized spacial score (nSPS) is 18.1. The molecule has 0 spiro atoms. The van der Waals surface area contributed by atoms with Crippen molar-refractivity contribution in [3.05, 3.63) is 41.7 Å². The Kier molecular flexibility index (Phi) is 5.66. The molecule has 1 aromatic heterocycles. The molecule has 2 aliphatic heterocycles. The number of carbonyl (C=O) groups excluding carboxylic acids is 2. The summed E-state index contributed by atoms with van der Waals surface area (Å²) in [5.41, 5.74) is 1.29. The second-order valence-corrected chi connectivity index (χ2v) is 7.42. The standard InChI is InChI=1S/C20H26N6O2/c27-19(18-14-26(24-23-18)15-8-10-21-11-9-15)22-17-7-3-2-6-16(17)20(28)25-12-4-1-5-13-25/h2-3,6-7,14-15,21H,1,4-5,8-13H2,(H,22,27). The number of amides is 2. The Bertz CT molecular complexity index is 837. The lowest BCUT2D eigenvalue weighted by Crippen LogP contribution is -2.36. The van der Waals surface area contributed by atoms with E-state index in [0.717, 1.165) is 58.3 Å². The first-order chi connectivity index (χ1) is 13.7. The molecular weight excluding hydrogens is 356 g/mol. The minimum Gasteiger partial charge on any atom is -0.339 e. The molecule has 2 saturated heterocycles. The van der Waals surface area contributed by atoms with Crippen molar-refractivity contribution in [3.63, 3.8) is 0 Å². The smallest absolute Gasteiger partial charge is 0.277 e. The summed E-state index contributed by atoms with van der Waals surface area (Å²) >= 11 is 0. The number of anilines is 1. The number of likely N-dealkylation sites (tertiary alicyclic amines) is 1. The molecule has 2 N–H and O–H groups in total. The molecule has 0 bridgehead atoms. The maximum atomic E-state index is 12.9. The number of hydrogen-bond donors (Lipinski definition) is 2. The van der Waals surface area contributed by atoms with E-state index < -0.39 is 0 Å². The summed E-state index contributed by atoms with van der Waals surface area (Å²) in [7, 11) is 0. The van der Waals surface area contributed by atoms with Crippen molar-refractivity contribution in [2.75, 3.05) is 31.5 Å². The van der Waals surface area contributed by atoms with Crippen molar-refractivity contribution in [3.8, 4) is 0 Å². The van der Waals surface area contributed by atoms with Crippen LogP contribution in [0.3, 0.4) is 0 Å². The number of nitrogens with one attached hydrogen (secondary N) is 2. The zero-order valence-electron chi connectivity index (χ0n) is 15.9. The van der Waals surface area contributed by atoms with Crippen LogP contribution < -0.4 is 10.6 Å². The molecule has 2 fully saturated rings. The predicted octanol–water partition coefficient (Wildman–Crippen LogP) is 2.08. The SMILES string of the molecule is O=C(Nc1ccccc1C(=O)N1CCCCC1)c1cn(C2CCNCC2)nn1. The van der Waals surface area contributed by atoms with Gasteiger partial charge in [0, 0.05) is 13.1 Å². The molecular formula is C20H26N6O2. The third-order valence-corrected chi connectivity index (χ3v) is 5.47. The van der Waals surface area contributed by atoms with Crippen molar-refractivity contribution in [1.29, 1.82) is 0 Å². The van der Waals surface area contributed by atoms with Crippen molar-refractivity contribution in [2.24, 2.45) is 0 Å². The highest BCUT2D eigenvalue weighted by Crippen LogP contribution is 2.21. The van der Waals surface area contributed by atoms with Crippen LogP contribution in [0, 0.1) is 0 Å². The number of carbonyl (C=O) groups is 2. The summed E-state index contributed by atoms with van der Waals surface area (Å²) in [5, 5.41) is 14.3. The molecule has 2 aliphatic rings. The van der Waals surface area contributed by atoms with Crippen LogP contribution in [0.2, 0.25) is 0 Å². The average molecular weight is 382 g/mol. The van der Waals surface area contributed by atoms with Gasteiger partial charge in [0.2, 0.25) is 0 Å². The fraction of sp³-hybridized carbons (Fsp3) is 0.500. The average Bonchev–Trinajstić information content (AvgIpc) is 3.25. The minimum atomic E-state index is -0.348. The van der Waals surface area contributed by atoms with E-state index >= 15 is 0 Å². The molecule has 3 heterocycles. The predicted molar refractivity (Wildman–Crippen MR) is 105 cm³/mol. The van der Waals surface area contributed by atoms with Crippen molar-refractivity contribution in [2.45, 2.75) is 38.1 Å². The maximum absolute atomic E-state index is 12.9. The molecule has 148 valence electrons. The van der Waals surface area contributed by atoms with Gasteiger partial charge in [0.1, 0.15) is 0 Å². The van der Waals surface area contributed by atoms with Gasteiger partial charge in [-0.05, 0) is 57.3 Å². The molecule has 8 heteroatoms. The molecule has 2 aromatic rings.